The third-order valence-electron chi connectivity index (χ3n) is 38.7. The largest absolute Gasteiger partial charge is 0.378 e. The van der Waals surface area contributed by atoms with E-state index in [0.717, 1.165) is 141 Å². The van der Waals surface area contributed by atoms with Gasteiger partial charge in [0, 0.05) is 103 Å². The van der Waals surface area contributed by atoms with Gasteiger partial charge < -0.3 is 44.3 Å². The van der Waals surface area contributed by atoms with Crippen LogP contribution in [0.3, 0.4) is 0 Å². The molecule has 16 heterocycles. The lowest BCUT2D eigenvalue weighted by atomic mass is 9.68. The Balaban J connectivity index is 0.000000104. The zero-order valence-corrected chi connectivity index (χ0v) is 88.0. The molecule has 32 nitrogen and oxygen atoms in total. The van der Waals surface area contributed by atoms with Crippen LogP contribution in [-0.2, 0) is 4.74 Å². The molecule has 8 aromatic rings. The number of rotatable bonds is 12. The van der Waals surface area contributed by atoms with Gasteiger partial charge in [-0.05, 0) is 279 Å². The molecule has 4 aromatic carbocycles. The number of urea groups is 4. The molecular formula is C117H144BrN23O9. The van der Waals surface area contributed by atoms with Crippen LogP contribution in [-0.4, -0.2) is 186 Å². The highest BCUT2D eigenvalue weighted by Gasteiger charge is 2.53. The van der Waals surface area contributed by atoms with Crippen LogP contribution in [0.15, 0.2) is 191 Å². The summed E-state index contributed by atoms with van der Waals surface area (Å²) in [5.41, 5.74) is 6.81. The first-order valence-electron chi connectivity index (χ1n) is 57.0. The summed E-state index contributed by atoms with van der Waals surface area (Å²) in [6.45, 7) is 16.5. The van der Waals surface area contributed by atoms with Crippen LogP contribution >= 0.6 is 15.9 Å². The molecule has 16 bridgehead atoms. The molecule has 33 heteroatoms. The standard InChI is InChI=1S/C30H36BrN5O2.C29H36N6O3.2C29H36N6O2/c1-18-25(31)17-34(30(38)32-18)28-29(37)36(27-11-3-2-10-26(27)33-28)24-15-21-8-5-9-22(16-24)35(21)23-13-19-6-4-7-20(12-19)14-23;1-18-15-30-35(29(37)31-18)27-28(36)34(26-9-5-4-8-25(26)32-27)22-13-23-16-38-17-24(14-22)33(23)21-11-19-6-2-3-7-20(10-19)12-21;1-18-17-30-35(29(37)31-18)27-28(36)34(26-11-3-2-10-25(26)32-27)24-15-21-8-5-9-22(16-24)33(21)23-13-19-6-4-7-20(12-19)14-23;1-18-17-30-35(29(37)31-18)27-28(36)34(26-9-5-4-8-25(26)32-27)24-15-21-10-11-22(16-24)33(21)23-13-19-6-2-3-7-20(12-19)14-23/h2-3,10-11,17,19-24H,1,4-9,12-16H2,(H,32,38);4-5,8-9,15,19-24H,1-3,6-7,10-14,16-17H2,(H,31,37);2-3,10-11,17,19-24H,1,4-9,12-16H2,(H,31,37);4-5,8-9,17,19-24H,1-3,6-7,10-16H2,(H,31,37). The topological polar surface area (TPSA) is 328 Å². The minimum Gasteiger partial charge on any atom is -0.378 e. The zero-order chi connectivity index (χ0) is 102. The minimum absolute atomic E-state index is 0.00182. The van der Waals surface area contributed by atoms with Gasteiger partial charge in [-0.25, -0.2) is 44.0 Å². The number of hydrazone groups is 3. The molecule has 0 radical (unpaired) electrons. The Morgan fingerprint density at radius 1 is 0.267 bits per heavy atom. The van der Waals surface area contributed by atoms with Gasteiger partial charge in [0.15, 0.2) is 0 Å². The number of fused-ring (bicyclic) bond motifs is 20. The molecule has 8 amide bonds. The molecular weight excluding hydrogens is 1950 g/mol. The Bertz CT molecular complexity index is 6940. The van der Waals surface area contributed by atoms with Crippen molar-refractivity contribution in [1.82, 2.24) is 79.1 Å². The van der Waals surface area contributed by atoms with Gasteiger partial charge in [0.05, 0.1) is 103 Å². The van der Waals surface area contributed by atoms with Gasteiger partial charge in [-0.2, -0.15) is 30.3 Å². The lowest BCUT2D eigenvalue weighted by molar-refractivity contribution is -0.116. The number of anilines is 4. The Kier molecular flexibility index (Phi) is 27.7. The van der Waals surface area contributed by atoms with Gasteiger partial charge >= 0.3 is 24.1 Å². The summed E-state index contributed by atoms with van der Waals surface area (Å²) in [7, 11) is 0. The summed E-state index contributed by atoms with van der Waals surface area (Å²) in [4.78, 5) is 138. The van der Waals surface area contributed by atoms with Crippen molar-refractivity contribution < 1.29 is 23.9 Å². The first-order chi connectivity index (χ1) is 73.1. The molecule has 16 atom stereocenters. The van der Waals surface area contributed by atoms with E-state index in [1.54, 1.807) is 6.20 Å². The first kappa shape index (κ1) is 99.2. The van der Waals surface area contributed by atoms with Crippen molar-refractivity contribution in [2.24, 2.45) is 62.6 Å². The molecule has 788 valence electrons. The maximum atomic E-state index is 14.1. The van der Waals surface area contributed by atoms with Gasteiger partial charge in [0.25, 0.3) is 22.2 Å². The lowest BCUT2D eigenvalue weighted by Gasteiger charge is -2.55. The SMILES string of the molecule is C=C1C=NN(c2nc3ccccc3n(C3CC4CCC(C3)N4C3CC4CCCCC(C4)C3)c2=O)C(=O)N1.C=C1C=NN(c2nc3ccccc3n(C3CC4CCCC(C3)N4C3CC4CCCC(C4)C3)c2=O)C(=O)N1.C=C1C=NN(c2nc3ccccc3n(C3CC4COCC(C3)N4C3CC4CCCCC(C4)C3)c2=O)C(=O)N1.C=C1NC(=O)N(c2nc3ccccc3n(C3CC4CCCC(C3)N4C3CC4CCCC(C4)C3)c2=O)C=C1Br. The lowest BCUT2D eigenvalue weighted by Crippen LogP contribution is -2.62. The number of para-hydroxylation sites is 8. The average molecular weight is 2100 g/mol. The van der Waals surface area contributed by atoms with Crippen LogP contribution in [0, 0.1) is 47.3 Å². The number of nitrogens with zero attached hydrogens (tertiary/aromatic N) is 19. The Hall–Kier alpha value is -11.5. The van der Waals surface area contributed by atoms with E-state index in [2.05, 4.69) is 118 Å². The van der Waals surface area contributed by atoms with E-state index < -0.39 is 24.1 Å². The van der Waals surface area contributed by atoms with Crippen LogP contribution in [0.2, 0.25) is 0 Å². The van der Waals surface area contributed by atoms with Crippen LogP contribution < -0.4 is 63.4 Å². The molecule has 150 heavy (non-hydrogen) atoms. The van der Waals surface area contributed by atoms with Crippen molar-refractivity contribution in [2.45, 2.75) is 366 Å². The van der Waals surface area contributed by atoms with E-state index >= 15 is 0 Å². The second-order valence-electron chi connectivity index (χ2n) is 48.0. The molecule has 28 rings (SSSR count). The predicted molar refractivity (Wildman–Crippen MR) is 589 cm³/mol. The molecule has 16 fully saturated rings. The summed E-state index contributed by atoms with van der Waals surface area (Å²) in [6, 6.07) is 35.9. The summed E-state index contributed by atoms with van der Waals surface area (Å²) in [5.74, 6) is 7.45. The van der Waals surface area contributed by atoms with Crippen LogP contribution in [0.5, 0.6) is 0 Å². The smallest absolute Gasteiger partial charge is 0.348 e. The fourth-order valence-electron chi connectivity index (χ4n) is 33.1. The molecule has 20 aliphatic rings. The number of carbonyl (C=O) groups is 4. The van der Waals surface area contributed by atoms with Gasteiger partial charge in [0.1, 0.15) is 0 Å². The maximum Gasteiger partial charge on any atom is 0.348 e. The average Bonchev–Trinajstić information content (AvgIpc) is 0.937. The molecule has 12 aliphatic heterocycles. The van der Waals surface area contributed by atoms with Crippen molar-refractivity contribution in [3.63, 3.8) is 0 Å². The summed E-state index contributed by atoms with van der Waals surface area (Å²) >= 11 is 3.45. The van der Waals surface area contributed by atoms with Gasteiger partial charge in [-0.15, -0.1) is 0 Å². The molecule has 8 saturated heterocycles. The third-order valence-corrected chi connectivity index (χ3v) is 39.4. The van der Waals surface area contributed by atoms with Crippen LogP contribution in [0.25, 0.3) is 44.1 Å². The van der Waals surface area contributed by atoms with E-state index in [0.29, 0.717) is 130 Å². The maximum absolute atomic E-state index is 14.1. The highest BCUT2D eigenvalue weighted by molar-refractivity contribution is 9.12. The summed E-state index contributed by atoms with van der Waals surface area (Å²) < 4.78 is 14.4. The minimum atomic E-state index is -0.525. The third kappa shape index (κ3) is 19.3. The fourth-order valence-corrected chi connectivity index (χ4v) is 33.4. The second-order valence-corrected chi connectivity index (χ2v) is 48.8. The number of halogens is 1. The number of hydrogen-bond donors (Lipinski definition) is 4. The molecule has 4 aromatic heterocycles. The number of piperidine rings is 6. The number of carbonyl (C=O) groups excluding carboxylic acids is 4. The Morgan fingerprint density at radius 3 is 0.820 bits per heavy atom. The number of benzene rings is 4. The molecule has 4 N–H and O–H groups in total. The normalized spacial score (nSPS) is 33.9. The number of allylic oxidation sites excluding steroid dienone is 4. The van der Waals surface area contributed by atoms with Crippen LogP contribution in [0.1, 0.15) is 294 Å². The molecule has 16 unspecified atom stereocenters. The molecule has 8 aliphatic carbocycles. The van der Waals surface area contributed by atoms with E-state index in [1.165, 1.54) is 242 Å². The highest BCUT2D eigenvalue weighted by Crippen LogP contribution is 2.54. The van der Waals surface area contributed by atoms with E-state index in [4.69, 9.17) is 4.74 Å². The second kappa shape index (κ2) is 41.8. The fraction of sp³-hybridized carbons (Fsp3) is 0.581. The van der Waals surface area contributed by atoms with E-state index in [9.17, 15) is 38.4 Å². The summed E-state index contributed by atoms with van der Waals surface area (Å²) in [6.07, 6.45) is 59.7. The highest BCUT2D eigenvalue weighted by atomic mass is 79.9. The van der Waals surface area contributed by atoms with Gasteiger partial charge in [-0.1, -0.05) is 178 Å². The molecule has 8 saturated carbocycles. The van der Waals surface area contributed by atoms with Crippen molar-refractivity contribution >= 4 is 126 Å². The summed E-state index contributed by atoms with van der Waals surface area (Å²) in [5, 5.41) is 26.4. The zero-order valence-electron chi connectivity index (χ0n) is 86.4. The van der Waals surface area contributed by atoms with Crippen molar-refractivity contribution in [3.8, 4) is 0 Å². The van der Waals surface area contributed by atoms with E-state index in [-0.39, 0.29) is 69.7 Å². The van der Waals surface area contributed by atoms with Crippen molar-refractivity contribution in [1.29, 1.82) is 0 Å². The van der Waals surface area contributed by atoms with Crippen LogP contribution in [0.4, 0.5) is 42.4 Å². The number of hydrogen-bond acceptors (Lipinski definition) is 20. The first-order valence-corrected chi connectivity index (χ1v) is 57.8. The number of amides is 8. The Morgan fingerprint density at radius 2 is 0.520 bits per heavy atom. The predicted octanol–water partition coefficient (Wildman–Crippen LogP) is 20.3. The number of ether oxygens (including phenoxy) is 1. The van der Waals surface area contributed by atoms with Crippen molar-refractivity contribution in [3.05, 3.63) is 198 Å². The number of aromatic nitrogens is 8. The number of nitrogens with one attached hydrogen (secondary N) is 4. The Labute approximate surface area is 884 Å². The molecule has 0 spiro atoms. The van der Waals surface area contributed by atoms with Gasteiger partial charge in [-0.3, -0.25) is 38.8 Å². The van der Waals surface area contributed by atoms with Crippen molar-refractivity contribution in [2.75, 3.05) is 33.1 Å². The van der Waals surface area contributed by atoms with Gasteiger partial charge in [0.2, 0.25) is 23.3 Å². The monoisotopic (exact) mass is 2090 g/mol. The van der Waals surface area contributed by atoms with E-state index in [1.807, 2.05) is 115 Å². The quantitative estimate of drug-likeness (QED) is 0.0883. The number of morpholine rings is 1.